The minimum absolute atomic E-state index is 0.206. The molecule has 2 N–H and O–H groups in total. The van der Waals surface area contributed by atoms with E-state index < -0.39 is 6.23 Å². The topological polar surface area (TPSA) is 108 Å². The SMILES string of the molecule is CCOC(Cn1nc(C)c2c(N)ncnc21)N=O. The van der Waals surface area contributed by atoms with Gasteiger partial charge >= 0.3 is 0 Å². The number of nitrogens with two attached hydrogens (primary N) is 1. The van der Waals surface area contributed by atoms with E-state index in [4.69, 9.17) is 10.5 Å². The summed E-state index contributed by atoms with van der Waals surface area (Å²) in [6, 6.07) is 0. The molecule has 96 valence electrons. The van der Waals surface area contributed by atoms with Crippen molar-refractivity contribution in [3.05, 3.63) is 16.9 Å². The fourth-order valence-corrected chi connectivity index (χ4v) is 1.79. The van der Waals surface area contributed by atoms with E-state index in [-0.39, 0.29) is 6.54 Å². The molecule has 1 atom stereocenters. The van der Waals surface area contributed by atoms with Crippen LogP contribution in [0.5, 0.6) is 0 Å². The van der Waals surface area contributed by atoms with E-state index in [1.54, 1.807) is 11.6 Å². The molecule has 0 spiro atoms. The highest BCUT2D eigenvalue weighted by Gasteiger charge is 2.16. The minimum atomic E-state index is -0.784. The molecule has 0 saturated carbocycles. The molecule has 1 unspecified atom stereocenters. The highest BCUT2D eigenvalue weighted by Crippen LogP contribution is 2.20. The largest absolute Gasteiger partial charge is 0.383 e. The third-order valence-electron chi connectivity index (χ3n) is 2.54. The lowest BCUT2D eigenvalue weighted by Crippen LogP contribution is -2.18. The molecule has 18 heavy (non-hydrogen) atoms. The minimum Gasteiger partial charge on any atom is -0.383 e. The normalized spacial score (nSPS) is 12.8. The van der Waals surface area contributed by atoms with Crippen LogP contribution in [0.3, 0.4) is 0 Å². The molecule has 0 aliphatic carbocycles. The standard InChI is InChI=1S/C10H14N6O2/c1-3-18-7(15-17)4-16-10-8(6(2)14-16)9(11)12-5-13-10/h5,7H,3-4H2,1-2H3,(H2,11,12,13). The average molecular weight is 250 g/mol. The Kier molecular flexibility index (Phi) is 3.47. The monoisotopic (exact) mass is 250 g/mol. The Labute approximate surface area is 103 Å². The van der Waals surface area contributed by atoms with Gasteiger partial charge in [-0.3, -0.25) is 0 Å². The van der Waals surface area contributed by atoms with E-state index in [1.165, 1.54) is 6.33 Å². The summed E-state index contributed by atoms with van der Waals surface area (Å²) in [4.78, 5) is 18.7. The number of ether oxygens (including phenoxy) is 1. The predicted octanol–water partition coefficient (Wildman–Crippen LogP) is 0.846. The van der Waals surface area contributed by atoms with Crippen molar-refractivity contribution in [2.24, 2.45) is 5.18 Å². The molecule has 2 aromatic heterocycles. The molecular weight excluding hydrogens is 236 g/mol. The first-order chi connectivity index (χ1) is 8.67. The van der Waals surface area contributed by atoms with Crippen molar-refractivity contribution in [2.45, 2.75) is 26.6 Å². The molecule has 0 bridgehead atoms. The maximum atomic E-state index is 10.6. The summed E-state index contributed by atoms with van der Waals surface area (Å²) in [7, 11) is 0. The summed E-state index contributed by atoms with van der Waals surface area (Å²) in [6.07, 6.45) is 0.577. The first-order valence-corrected chi connectivity index (χ1v) is 5.55. The van der Waals surface area contributed by atoms with E-state index in [1.807, 2.05) is 6.92 Å². The number of nitrogens with zero attached hydrogens (tertiary/aromatic N) is 5. The van der Waals surface area contributed by atoms with Gasteiger partial charge in [-0.1, -0.05) is 0 Å². The number of anilines is 1. The van der Waals surface area contributed by atoms with Crippen molar-refractivity contribution in [3.8, 4) is 0 Å². The lowest BCUT2D eigenvalue weighted by atomic mass is 10.3. The third kappa shape index (κ3) is 2.14. The van der Waals surface area contributed by atoms with Crippen LogP contribution in [0, 0.1) is 11.8 Å². The highest BCUT2D eigenvalue weighted by molar-refractivity contribution is 5.87. The molecule has 0 fully saturated rings. The Bertz CT molecular complexity index is 567. The summed E-state index contributed by atoms with van der Waals surface area (Å²) in [6.45, 7) is 4.22. The van der Waals surface area contributed by atoms with Crippen molar-refractivity contribution in [3.63, 3.8) is 0 Å². The predicted molar refractivity (Wildman–Crippen MR) is 65.7 cm³/mol. The smallest absolute Gasteiger partial charge is 0.209 e. The second-order valence-electron chi connectivity index (χ2n) is 3.74. The number of aromatic nitrogens is 4. The van der Waals surface area contributed by atoms with E-state index in [2.05, 4.69) is 20.2 Å². The van der Waals surface area contributed by atoms with Crippen molar-refractivity contribution >= 4 is 16.9 Å². The van der Waals surface area contributed by atoms with Gasteiger partial charge < -0.3 is 10.5 Å². The molecule has 8 nitrogen and oxygen atoms in total. The van der Waals surface area contributed by atoms with Crippen LogP contribution < -0.4 is 5.73 Å². The first-order valence-electron chi connectivity index (χ1n) is 5.55. The van der Waals surface area contributed by atoms with Gasteiger partial charge in [0.25, 0.3) is 0 Å². The number of aryl methyl sites for hydroxylation is 1. The van der Waals surface area contributed by atoms with E-state index >= 15 is 0 Å². The number of fused-ring (bicyclic) bond motifs is 1. The third-order valence-corrected chi connectivity index (χ3v) is 2.54. The molecule has 2 heterocycles. The van der Waals surface area contributed by atoms with Crippen LogP contribution in [0.2, 0.25) is 0 Å². The molecule has 0 saturated heterocycles. The zero-order valence-electron chi connectivity index (χ0n) is 10.2. The van der Waals surface area contributed by atoms with Gasteiger partial charge in [0.1, 0.15) is 12.1 Å². The zero-order valence-corrected chi connectivity index (χ0v) is 10.2. The number of nitrogen functional groups attached to an aromatic ring is 1. The quantitative estimate of drug-likeness (QED) is 0.788. The average Bonchev–Trinajstić information content (AvgIpc) is 2.67. The van der Waals surface area contributed by atoms with Crippen LogP contribution in [0.4, 0.5) is 5.82 Å². The molecule has 0 aromatic carbocycles. The van der Waals surface area contributed by atoms with E-state index in [9.17, 15) is 4.91 Å². The van der Waals surface area contributed by atoms with Gasteiger partial charge in [0.15, 0.2) is 5.65 Å². The Hall–Kier alpha value is -2.09. The Balaban J connectivity index is 2.40. The molecule has 2 aromatic rings. The molecule has 8 heteroatoms. The van der Waals surface area contributed by atoms with Gasteiger partial charge in [0.2, 0.25) is 6.23 Å². The maximum absolute atomic E-state index is 10.6. The van der Waals surface area contributed by atoms with Crippen LogP contribution in [-0.2, 0) is 11.3 Å². The molecule has 0 aliphatic rings. The van der Waals surface area contributed by atoms with Crippen molar-refractivity contribution in [2.75, 3.05) is 12.3 Å². The van der Waals surface area contributed by atoms with Gasteiger partial charge in [0.05, 0.1) is 17.6 Å². The van der Waals surface area contributed by atoms with Crippen molar-refractivity contribution in [1.82, 2.24) is 19.7 Å². The van der Waals surface area contributed by atoms with Crippen molar-refractivity contribution in [1.29, 1.82) is 0 Å². The molecular formula is C10H14N6O2. The summed E-state index contributed by atoms with van der Waals surface area (Å²) in [5.41, 5.74) is 7.06. The Morgan fingerprint density at radius 2 is 2.33 bits per heavy atom. The second-order valence-corrected chi connectivity index (χ2v) is 3.74. The fourth-order valence-electron chi connectivity index (χ4n) is 1.79. The molecule has 0 radical (unpaired) electrons. The van der Waals surface area contributed by atoms with Crippen LogP contribution >= 0.6 is 0 Å². The van der Waals surface area contributed by atoms with E-state index in [0.717, 1.165) is 0 Å². The molecule has 0 amide bonds. The van der Waals surface area contributed by atoms with Gasteiger partial charge in [-0.05, 0) is 19.0 Å². The Morgan fingerprint density at radius 1 is 1.56 bits per heavy atom. The maximum Gasteiger partial charge on any atom is 0.209 e. The van der Waals surface area contributed by atoms with Gasteiger partial charge in [-0.25, -0.2) is 14.6 Å². The van der Waals surface area contributed by atoms with E-state index in [0.29, 0.717) is 29.2 Å². The number of nitroso groups, excluding NO2 is 1. The molecule has 2 rings (SSSR count). The summed E-state index contributed by atoms with van der Waals surface area (Å²) in [5.74, 6) is 0.371. The second kappa shape index (κ2) is 5.05. The molecule has 0 aliphatic heterocycles. The number of hydrogen-bond donors (Lipinski definition) is 1. The van der Waals surface area contributed by atoms with Crippen LogP contribution in [0.15, 0.2) is 11.5 Å². The fraction of sp³-hybridized carbons (Fsp3) is 0.500. The lowest BCUT2D eigenvalue weighted by molar-refractivity contribution is 0.0541. The van der Waals surface area contributed by atoms with Crippen LogP contribution in [0.1, 0.15) is 12.6 Å². The van der Waals surface area contributed by atoms with Crippen LogP contribution in [0.25, 0.3) is 11.0 Å². The summed E-state index contributed by atoms with van der Waals surface area (Å²) in [5, 5.41) is 7.87. The number of hydrogen-bond acceptors (Lipinski definition) is 7. The first kappa shape index (κ1) is 12.4. The van der Waals surface area contributed by atoms with Gasteiger partial charge in [-0.15, -0.1) is 4.91 Å². The van der Waals surface area contributed by atoms with Crippen LogP contribution in [-0.4, -0.2) is 32.6 Å². The van der Waals surface area contributed by atoms with Gasteiger partial charge in [-0.2, -0.15) is 5.10 Å². The van der Waals surface area contributed by atoms with Gasteiger partial charge in [0, 0.05) is 6.61 Å². The van der Waals surface area contributed by atoms with Crippen molar-refractivity contribution < 1.29 is 4.74 Å². The summed E-state index contributed by atoms with van der Waals surface area (Å²) < 4.78 is 6.73. The number of rotatable bonds is 5. The summed E-state index contributed by atoms with van der Waals surface area (Å²) >= 11 is 0. The lowest BCUT2D eigenvalue weighted by Gasteiger charge is -2.09. The highest BCUT2D eigenvalue weighted by atomic mass is 16.5. The zero-order chi connectivity index (χ0) is 13.1. The Morgan fingerprint density at radius 3 is 3.00 bits per heavy atom.